The SMILES string of the molecule is O=C(O)c1ccccc1CONc1cccc(Cc2cccc(NC(=O)c3ccccc3C(=O)O)c2)c1. The number of amides is 1. The monoisotopic (exact) mass is 496 g/mol. The van der Waals surface area contributed by atoms with E-state index >= 15 is 0 Å². The molecule has 4 aromatic carbocycles. The third-order valence-electron chi connectivity index (χ3n) is 5.59. The molecule has 8 nitrogen and oxygen atoms in total. The topological polar surface area (TPSA) is 125 Å². The van der Waals surface area contributed by atoms with Crippen molar-refractivity contribution in [2.24, 2.45) is 0 Å². The Kier molecular flexibility index (Phi) is 7.92. The number of carbonyl (C=O) groups is 3. The fraction of sp³-hybridized carbons (Fsp3) is 0.0690. The molecule has 0 bridgehead atoms. The highest BCUT2D eigenvalue weighted by Gasteiger charge is 2.16. The van der Waals surface area contributed by atoms with Crippen LogP contribution in [-0.2, 0) is 17.9 Å². The van der Waals surface area contributed by atoms with Gasteiger partial charge in [0.2, 0.25) is 0 Å². The van der Waals surface area contributed by atoms with Crippen molar-refractivity contribution in [2.45, 2.75) is 13.0 Å². The zero-order valence-electron chi connectivity index (χ0n) is 19.7. The lowest BCUT2D eigenvalue weighted by atomic mass is 10.0. The summed E-state index contributed by atoms with van der Waals surface area (Å²) in [5.41, 5.74) is 6.82. The number of hydrogen-bond acceptors (Lipinski definition) is 5. The second-order valence-electron chi connectivity index (χ2n) is 8.24. The maximum absolute atomic E-state index is 12.7. The number of carbonyl (C=O) groups excluding carboxylic acids is 1. The highest BCUT2D eigenvalue weighted by atomic mass is 16.6. The molecule has 186 valence electrons. The highest BCUT2D eigenvalue weighted by molar-refractivity contribution is 6.10. The number of benzene rings is 4. The first-order valence-electron chi connectivity index (χ1n) is 11.4. The summed E-state index contributed by atoms with van der Waals surface area (Å²) >= 11 is 0. The molecule has 4 N–H and O–H groups in total. The summed E-state index contributed by atoms with van der Waals surface area (Å²) in [6.45, 7) is 0.0828. The molecule has 4 rings (SSSR count). The molecule has 0 fully saturated rings. The van der Waals surface area contributed by atoms with Crippen LogP contribution in [0.15, 0.2) is 97.1 Å². The number of nitrogens with one attached hydrogen (secondary N) is 2. The van der Waals surface area contributed by atoms with E-state index in [0.29, 0.717) is 23.4 Å². The predicted molar refractivity (Wildman–Crippen MR) is 139 cm³/mol. The molecule has 4 aromatic rings. The molecule has 0 radical (unpaired) electrons. The van der Waals surface area contributed by atoms with Crippen LogP contribution in [0.3, 0.4) is 0 Å². The van der Waals surface area contributed by atoms with Crippen LogP contribution in [0.1, 0.15) is 47.8 Å². The first-order valence-corrected chi connectivity index (χ1v) is 11.4. The third kappa shape index (κ3) is 6.59. The minimum Gasteiger partial charge on any atom is -0.478 e. The van der Waals surface area contributed by atoms with Crippen molar-refractivity contribution in [3.63, 3.8) is 0 Å². The zero-order valence-corrected chi connectivity index (χ0v) is 19.7. The molecule has 0 saturated heterocycles. The summed E-state index contributed by atoms with van der Waals surface area (Å²) in [6, 6.07) is 27.6. The minimum absolute atomic E-state index is 0.0610. The van der Waals surface area contributed by atoms with E-state index in [1.165, 1.54) is 18.2 Å². The van der Waals surface area contributed by atoms with Crippen LogP contribution in [0.2, 0.25) is 0 Å². The molecule has 8 heteroatoms. The van der Waals surface area contributed by atoms with Crippen LogP contribution in [0.5, 0.6) is 0 Å². The number of rotatable bonds is 10. The molecule has 0 unspecified atom stereocenters. The Hall–Kier alpha value is -4.95. The Morgan fingerprint density at radius 1 is 0.649 bits per heavy atom. The summed E-state index contributed by atoms with van der Waals surface area (Å²) in [6.07, 6.45) is 0.576. The molecule has 0 aliphatic heterocycles. The van der Waals surface area contributed by atoms with Crippen LogP contribution >= 0.6 is 0 Å². The molecule has 1 amide bonds. The Morgan fingerprint density at radius 3 is 1.89 bits per heavy atom. The van der Waals surface area contributed by atoms with Gasteiger partial charge >= 0.3 is 11.9 Å². The van der Waals surface area contributed by atoms with E-state index in [-0.39, 0.29) is 23.3 Å². The summed E-state index contributed by atoms with van der Waals surface area (Å²) in [5, 5.41) is 21.4. The van der Waals surface area contributed by atoms with Gasteiger partial charge in [-0.25, -0.2) is 9.59 Å². The number of anilines is 2. The first-order chi connectivity index (χ1) is 17.9. The first kappa shape index (κ1) is 25.2. The van der Waals surface area contributed by atoms with E-state index in [2.05, 4.69) is 10.8 Å². The Morgan fingerprint density at radius 2 is 1.22 bits per heavy atom. The smallest absolute Gasteiger partial charge is 0.336 e. The molecule has 0 atom stereocenters. The molecule has 0 aliphatic rings. The number of hydrogen-bond donors (Lipinski definition) is 4. The molecular formula is C29H24N2O6. The van der Waals surface area contributed by atoms with Crippen molar-refractivity contribution in [1.82, 2.24) is 0 Å². The maximum Gasteiger partial charge on any atom is 0.336 e. The number of carboxylic acids is 2. The van der Waals surface area contributed by atoms with Crippen LogP contribution in [0, 0.1) is 0 Å². The van der Waals surface area contributed by atoms with Gasteiger partial charge in [0, 0.05) is 5.69 Å². The van der Waals surface area contributed by atoms with Crippen LogP contribution in [-0.4, -0.2) is 28.1 Å². The van der Waals surface area contributed by atoms with Crippen molar-refractivity contribution >= 4 is 29.2 Å². The molecule has 0 saturated carbocycles. The number of carboxylic acid groups (broad SMARTS) is 2. The van der Waals surface area contributed by atoms with Gasteiger partial charge in [-0.05, 0) is 65.6 Å². The van der Waals surface area contributed by atoms with Gasteiger partial charge in [-0.3, -0.25) is 15.1 Å². The summed E-state index contributed by atoms with van der Waals surface area (Å²) in [4.78, 5) is 41.0. The highest BCUT2D eigenvalue weighted by Crippen LogP contribution is 2.19. The van der Waals surface area contributed by atoms with E-state index in [1.54, 1.807) is 36.4 Å². The quantitative estimate of drug-likeness (QED) is 0.215. The van der Waals surface area contributed by atoms with Gasteiger partial charge in [0.05, 0.1) is 22.4 Å². The average molecular weight is 497 g/mol. The van der Waals surface area contributed by atoms with E-state index in [0.717, 1.165) is 11.1 Å². The predicted octanol–water partition coefficient (Wildman–Crippen LogP) is 5.47. The van der Waals surface area contributed by atoms with Gasteiger partial charge in [0.1, 0.15) is 6.61 Å². The van der Waals surface area contributed by atoms with Crippen molar-refractivity contribution in [2.75, 3.05) is 10.8 Å². The second-order valence-corrected chi connectivity index (χ2v) is 8.24. The molecule has 0 heterocycles. The summed E-state index contributed by atoms with van der Waals surface area (Å²) in [5.74, 6) is -2.67. The molecule has 0 spiro atoms. The van der Waals surface area contributed by atoms with Crippen LogP contribution in [0.25, 0.3) is 0 Å². The lowest BCUT2D eigenvalue weighted by molar-refractivity contribution is 0.0682. The molecule has 0 aromatic heterocycles. The van der Waals surface area contributed by atoms with Gasteiger partial charge in [-0.2, -0.15) is 0 Å². The fourth-order valence-electron chi connectivity index (χ4n) is 3.86. The van der Waals surface area contributed by atoms with Gasteiger partial charge < -0.3 is 15.5 Å². The van der Waals surface area contributed by atoms with E-state index in [9.17, 15) is 24.6 Å². The van der Waals surface area contributed by atoms with Crippen molar-refractivity contribution < 1.29 is 29.4 Å². The third-order valence-corrected chi connectivity index (χ3v) is 5.59. The van der Waals surface area contributed by atoms with E-state index in [1.807, 2.05) is 42.5 Å². The molecule has 0 aliphatic carbocycles. The van der Waals surface area contributed by atoms with Gasteiger partial charge in [-0.15, -0.1) is 0 Å². The van der Waals surface area contributed by atoms with Gasteiger partial charge in [-0.1, -0.05) is 54.6 Å². The van der Waals surface area contributed by atoms with Crippen LogP contribution in [0.4, 0.5) is 11.4 Å². The fourth-order valence-corrected chi connectivity index (χ4v) is 3.86. The maximum atomic E-state index is 12.7. The van der Waals surface area contributed by atoms with E-state index in [4.69, 9.17) is 4.84 Å². The minimum atomic E-state index is -1.16. The lowest BCUT2D eigenvalue weighted by Gasteiger charge is -2.11. The van der Waals surface area contributed by atoms with Crippen LogP contribution < -0.4 is 10.8 Å². The average Bonchev–Trinajstić information content (AvgIpc) is 2.89. The summed E-state index contributed by atoms with van der Waals surface area (Å²) < 4.78 is 0. The van der Waals surface area contributed by atoms with E-state index < -0.39 is 17.8 Å². The second kappa shape index (κ2) is 11.7. The van der Waals surface area contributed by atoms with Crippen molar-refractivity contribution in [3.8, 4) is 0 Å². The number of aromatic carboxylic acids is 2. The zero-order chi connectivity index (χ0) is 26.2. The Bertz CT molecular complexity index is 1450. The standard InChI is InChI=1S/C29H24N2O6/c32-27(25-13-3-4-14-26(25)29(35)36)30-22-10-5-7-19(16-22)15-20-8-6-11-23(17-20)31-37-18-21-9-1-2-12-24(21)28(33)34/h1-14,16-17,31H,15,18H2,(H,30,32)(H,33,34)(H,35,36). The summed E-state index contributed by atoms with van der Waals surface area (Å²) in [7, 11) is 0. The van der Waals surface area contributed by atoms with Gasteiger partial charge in [0.15, 0.2) is 0 Å². The molecular weight excluding hydrogens is 472 g/mol. The van der Waals surface area contributed by atoms with Gasteiger partial charge in [0.25, 0.3) is 5.91 Å². The largest absolute Gasteiger partial charge is 0.478 e. The van der Waals surface area contributed by atoms with Crippen molar-refractivity contribution in [3.05, 3.63) is 130 Å². The Labute approximate surface area is 213 Å². The Balaban J connectivity index is 1.39. The normalized spacial score (nSPS) is 10.5. The lowest BCUT2D eigenvalue weighted by Crippen LogP contribution is -2.16. The molecule has 37 heavy (non-hydrogen) atoms. The van der Waals surface area contributed by atoms with Crippen molar-refractivity contribution in [1.29, 1.82) is 0 Å².